The number of piperidine rings is 3. The van der Waals surface area contributed by atoms with Crippen molar-refractivity contribution in [3.63, 3.8) is 0 Å². The Morgan fingerprint density at radius 3 is 2.63 bits per heavy atom. The van der Waals surface area contributed by atoms with E-state index in [2.05, 4.69) is 45.7 Å². The summed E-state index contributed by atoms with van der Waals surface area (Å²) in [6, 6.07) is 6.96. The summed E-state index contributed by atoms with van der Waals surface area (Å²) in [5, 5.41) is 6.58. The summed E-state index contributed by atoms with van der Waals surface area (Å²) in [4.78, 5) is 28.7. The van der Waals surface area contributed by atoms with E-state index >= 15 is 0 Å². The first-order chi connectivity index (χ1) is 20.6. The van der Waals surface area contributed by atoms with Gasteiger partial charge in [0.1, 0.15) is 17.7 Å². The minimum Gasteiger partial charge on any atom is -0.348 e. The summed E-state index contributed by atoms with van der Waals surface area (Å²) in [5.74, 6) is 1.55. The summed E-state index contributed by atoms with van der Waals surface area (Å²) < 4.78 is 41.1. The maximum absolute atomic E-state index is 13.7. The molecule has 2 bridgehead atoms. The Morgan fingerprint density at radius 2 is 1.95 bits per heavy atom. The molecule has 7 rings (SSSR count). The Morgan fingerprint density at radius 1 is 1.16 bits per heavy atom. The molecule has 1 aromatic carbocycles. The van der Waals surface area contributed by atoms with Gasteiger partial charge in [0, 0.05) is 32.0 Å². The SMILES string of the molecule is CC1C=CC([C@H](C)Nc2nccc(N3C=C(C(=O)N[C@@H]4CN5CCC4CC5)N(C)C3c3cccc(C(F)(F)F)c3)n2)=CC1. The summed E-state index contributed by atoms with van der Waals surface area (Å²) in [6.45, 7) is 7.13. The third kappa shape index (κ3) is 6.13. The first-order valence-electron chi connectivity index (χ1n) is 15.0. The molecule has 2 N–H and O–H groups in total. The predicted molar refractivity (Wildman–Crippen MR) is 160 cm³/mol. The van der Waals surface area contributed by atoms with Gasteiger partial charge in [0.25, 0.3) is 5.91 Å². The van der Waals surface area contributed by atoms with Crippen molar-refractivity contribution in [3.05, 3.63) is 83.4 Å². The van der Waals surface area contributed by atoms with Crippen LogP contribution < -0.4 is 15.5 Å². The van der Waals surface area contributed by atoms with Crippen molar-refractivity contribution in [2.75, 3.05) is 36.9 Å². The van der Waals surface area contributed by atoms with Crippen molar-refractivity contribution in [1.82, 2.24) is 25.1 Å². The molecule has 43 heavy (non-hydrogen) atoms. The third-order valence-corrected chi connectivity index (χ3v) is 9.08. The molecular weight excluding hydrogens is 555 g/mol. The molecule has 11 heteroatoms. The Kier molecular flexibility index (Phi) is 7.93. The minimum atomic E-state index is -4.50. The zero-order chi connectivity index (χ0) is 30.3. The van der Waals surface area contributed by atoms with Crippen LogP contribution in [0.3, 0.4) is 0 Å². The van der Waals surface area contributed by atoms with Crippen LogP contribution in [0.2, 0.25) is 0 Å². The molecule has 0 saturated carbocycles. The van der Waals surface area contributed by atoms with E-state index in [1.54, 1.807) is 41.4 Å². The molecule has 5 heterocycles. The number of likely N-dealkylation sites (N-methyl/N-ethyl adjacent to an activating group) is 1. The van der Waals surface area contributed by atoms with Crippen LogP contribution in [0.5, 0.6) is 0 Å². The molecule has 3 fully saturated rings. The fourth-order valence-electron chi connectivity index (χ4n) is 6.56. The second-order valence-corrected chi connectivity index (χ2v) is 12.1. The van der Waals surface area contributed by atoms with Gasteiger partial charge in [-0.15, -0.1) is 0 Å². The number of halogens is 3. The van der Waals surface area contributed by atoms with Gasteiger partial charge in [-0.05, 0) is 80.4 Å². The monoisotopic (exact) mass is 593 g/mol. The number of nitrogens with one attached hydrogen (secondary N) is 2. The van der Waals surface area contributed by atoms with E-state index < -0.39 is 17.9 Å². The van der Waals surface area contributed by atoms with Crippen LogP contribution in [-0.4, -0.2) is 64.4 Å². The molecule has 8 nitrogen and oxygen atoms in total. The lowest BCUT2D eigenvalue weighted by molar-refractivity contribution is -0.137. The Bertz CT molecular complexity index is 1450. The van der Waals surface area contributed by atoms with E-state index in [1.807, 2.05) is 6.92 Å². The largest absolute Gasteiger partial charge is 0.416 e. The number of hydrogen-bond donors (Lipinski definition) is 2. The fraction of sp³-hybridized carbons (Fsp3) is 0.469. The van der Waals surface area contributed by atoms with Gasteiger partial charge >= 0.3 is 6.18 Å². The standard InChI is InChI=1S/C32H38F3N7O/c1-20-7-9-22(10-8-20)21(2)37-31-36-14-11-28(39-31)42-19-27(29(43)38-26-18-41-15-12-23(26)13-16-41)40(3)30(42)24-5-4-6-25(17-24)32(33,34)35/h4-7,9-11,14,17,19-21,23,26,30H,8,12-13,15-16,18H2,1-3H3,(H,38,43)(H,36,37,39)/t20?,21-,26+,30?/m0/s1. The molecule has 228 valence electrons. The van der Waals surface area contributed by atoms with Crippen molar-refractivity contribution in [2.45, 2.75) is 57.5 Å². The zero-order valence-electron chi connectivity index (χ0n) is 24.7. The van der Waals surface area contributed by atoms with Crippen LogP contribution in [0.25, 0.3) is 0 Å². The maximum atomic E-state index is 13.7. The van der Waals surface area contributed by atoms with E-state index in [-0.39, 0.29) is 18.0 Å². The lowest BCUT2D eigenvalue weighted by atomic mass is 9.84. The minimum absolute atomic E-state index is 0.0436. The zero-order valence-corrected chi connectivity index (χ0v) is 24.7. The molecule has 4 aliphatic heterocycles. The lowest BCUT2D eigenvalue weighted by Gasteiger charge is -2.45. The fourth-order valence-corrected chi connectivity index (χ4v) is 6.56. The first-order valence-corrected chi connectivity index (χ1v) is 15.0. The second-order valence-electron chi connectivity index (χ2n) is 12.1. The summed E-state index contributed by atoms with van der Waals surface area (Å²) in [5.41, 5.74) is 1.16. The number of nitrogens with zero attached hydrogens (tertiary/aromatic N) is 5. The molecule has 1 aliphatic carbocycles. The van der Waals surface area contributed by atoms with Crippen LogP contribution in [0, 0.1) is 11.8 Å². The van der Waals surface area contributed by atoms with Gasteiger partial charge in [-0.1, -0.05) is 37.3 Å². The maximum Gasteiger partial charge on any atom is 0.416 e. The number of carbonyl (C=O) groups is 1. The summed E-state index contributed by atoms with van der Waals surface area (Å²) in [6.07, 6.45) is 7.65. The van der Waals surface area contributed by atoms with Gasteiger partial charge in [-0.3, -0.25) is 4.79 Å². The van der Waals surface area contributed by atoms with Crippen molar-refractivity contribution < 1.29 is 18.0 Å². The topological polar surface area (TPSA) is 76.6 Å². The number of aromatic nitrogens is 2. The second kappa shape index (κ2) is 11.7. The number of benzene rings is 1. The quantitative estimate of drug-likeness (QED) is 0.450. The Labute approximate surface area is 250 Å². The van der Waals surface area contributed by atoms with Gasteiger partial charge in [0.15, 0.2) is 0 Å². The van der Waals surface area contributed by atoms with Crippen molar-refractivity contribution >= 4 is 17.7 Å². The van der Waals surface area contributed by atoms with Crippen molar-refractivity contribution in [1.29, 1.82) is 0 Å². The highest BCUT2D eigenvalue weighted by Gasteiger charge is 2.40. The molecule has 4 atom stereocenters. The molecular formula is C32H38F3N7O. The van der Waals surface area contributed by atoms with Crippen LogP contribution in [0.4, 0.5) is 24.9 Å². The van der Waals surface area contributed by atoms with Crippen LogP contribution in [0.15, 0.2) is 72.2 Å². The number of fused-ring (bicyclic) bond motifs is 3. The van der Waals surface area contributed by atoms with Crippen LogP contribution in [0.1, 0.15) is 50.4 Å². The normalized spacial score (nSPS) is 27.5. The van der Waals surface area contributed by atoms with Gasteiger partial charge in [-0.2, -0.15) is 18.2 Å². The van der Waals surface area contributed by atoms with Gasteiger partial charge in [0.05, 0.1) is 11.6 Å². The summed E-state index contributed by atoms with van der Waals surface area (Å²) >= 11 is 0. The van der Waals surface area contributed by atoms with Gasteiger partial charge in [0.2, 0.25) is 5.95 Å². The highest BCUT2D eigenvalue weighted by molar-refractivity contribution is 5.94. The molecule has 3 saturated heterocycles. The lowest BCUT2D eigenvalue weighted by Crippen LogP contribution is -2.57. The van der Waals surface area contributed by atoms with E-state index in [4.69, 9.17) is 4.98 Å². The number of carbonyl (C=O) groups excluding carboxylic acids is 1. The first kappa shape index (κ1) is 29.2. The van der Waals surface area contributed by atoms with Crippen molar-refractivity contribution in [3.8, 4) is 0 Å². The molecule has 0 radical (unpaired) electrons. The Hall–Kier alpha value is -3.86. The predicted octanol–water partition coefficient (Wildman–Crippen LogP) is 5.32. The van der Waals surface area contributed by atoms with E-state index in [0.717, 1.165) is 56.6 Å². The number of hydrogen-bond acceptors (Lipinski definition) is 7. The number of amides is 1. The van der Waals surface area contributed by atoms with E-state index in [0.29, 0.717) is 34.9 Å². The molecule has 1 aromatic heterocycles. The van der Waals surface area contributed by atoms with Gasteiger partial charge in [-0.25, -0.2) is 4.98 Å². The molecule has 2 aromatic rings. The molecule has 5 aliphatic rings. The molecule has 1 amide bonds. The van der Waals surface area contributed by atoms with Crippen molar-refractivity contribution in [2.24, 2.45) is 11.8 Å². The number of allylic oxidation sites excluding steroid dienone is 2. The average molecular weight is 594 g/mol. The summed E-state index contributed by atoms with van der Waals surface area (Å²) in [7, 11) is 1.73. The molecule has 0 spiro atoms. The van der Waals surface area contributed by atoms with E-state index in [9.17, 15) is 18.0 Å². The van der Waals surface area contributed by atoms with E-state index in [1.165, 1.54) is 6.07 Å². The number of alkyl halides is 3. The highest BCUT2D eigenvalue weighted by Crippen LogP contribution is 2.39. The third-order valence-electron chi connectivity index (χ3n) is 9.08. The number of rotatable bonds is 7. The Balaban J connectivity index is 1.30. The van der Waals surface area contributed by atoms with Crippen LogP contribution in [-0.2, 0) is 11.0 Å². The highest BCUT2D eigenvalue weighted by atomic mass is 19.4. The molecule has 2 unspecified atom stereocenters. The smallest absolute Gasteiger partial charge is 0.348 e. The average Bonchev–Trinajstić information content (AvgIpc) is 3.35. The van der Waals surface area contributed by atoms with Gasteiger partial charge < -0.3 is 25.3 Å². The number of anilines is 2. The van der Waals surface area contributed by atoms with Crippen LogP contribution >= 0.6 is 0 Å².